The molecule has 0 N–H and O–H groups in total. The van der Waals surface area contributed by atoms with Crippen LogP contribution < -0.4 is 0 Å². The number of hydrogen-bond acceptors (Lipinski definition) is 4. The summed E-state index contributed by atoms with van der Waals surface area (Å²) in [7, 11) is 0. The molecule has 0 spiro atoms. The van der Waals surface area contributed by atoms with Crippen LogP contribution in [0.25, 0.3) is 22.3 Å². The summed E-state index contributed by atoms with van der Waals surface area (Å²) in [5.74, 6) is 0.121. The quantitative estimate of drug-likeness (QED) is 0.159. The number of amides is 2. The number of nitrogens with zero attached hydrogens (tertiary/aromatic N) is 2. The monoisotopic (exact) mass is 758 g/mol. The van der Waals surface area contributed by atoms with Gasteiger partial charge in [-0.05, 0) is 68.8 Å². The average Bonchev–Trinajstić information content (AvgIpc) is 3.78. The lowest BCUT2D eigenvalue weighted by atomic mass is 9.84. The van der Waals surface area contributed by atoms with Crippen LogP contribution in [0.5, 0.6) is 0 Å². The van der Waals surface area contributed by atoms with Crippen molar-refractivity contribution in [3.05, 3.63) is 187 Å². The highest BCUT2D eigenvalue weighted by molar-refractivity contribution is 7.16. The van der Waals surface area contributed by atoms with Crippen molar-refractivity contribution in [2.45, 2.75) is 24.9 Å². The topological polar surface area (TPSA) is 40.6 Å². The van der Waals surface area contributed by atoms with Crippen molar-refractivity contribution in [1.82, 2.24) is 9.80 Å². The molecule has 52 heavy (non-hydrogen) atoms. The zero-order chi connectivity index (χ0) is 36.2. The molecular weight excluding hydrogens is 724 g/mol. The van der Waals surface area contributed by atoms with Gasteiger partial charge in [-0.1, -0.05) is 146 Å². The van der Waals surface area contributed by atoms with Crippen molar-refractivity contribution < 1.29 is 9.59 Å². The largest absolute Gasteiger partial charge is 0.333 e. The third-order valence-electron chi connectivity index (χ3n) is 9.66. The van der Waals surface area contributed by atoms with Gasteiger partial charge in [-0.3, -0.25) is 9.59 Å². The average molecular weight is 760 g/mol. The molecule has 2 amide bonds. The summed E-state index contributed by atoms with van der Waals surface area (Å²) in [6, 6.07) is 41.7. The van der Waals surface area contributed by atoms with E-state index in [1.807, 2.05) is 46.2 Å². The summed E-state index contributed by atoms with van der Waals surface area (Å²) in [6.07, 6.45) is 2.78. The van der Waals surface area contributed by atoms with Crippen molar-refractivity contribution in [3.8, 4) is 22.3 Å². The minimum atomic E-state index is -0.0395. The number of carbonyl (C=O) groups excluding carboxylic acids is 2. The molecule has 0 saturated carbocycles. The van der Waals surface area contributed by atoms with Crippen molar-refractivity contribution in [3.63, 3.8) is 0 Å². The van der Waals surface area contributed by atoms with Gasteiger partial charge in [0.2, 0.25) is 11.8 Å². The van der Waals surface area contributed by atoms with Gasteiger partial charge in [0.15, 0.2) is 0 Å². The number of carbonyl (C=O) groups is 2. The SMILES string of the molecule is C=CC(=O)N1Cc2sc(Cl)cc2[C@@H](c2ccccc2-c2ccccc2)C1.C=CC(=O)N1Cc2sc(Cl)cc2[C@H](c2ccccc2-c2ccccc2)C1. The minimum Gasteiger partial charge on any atom is -0.333 e. The molecular formula is C44H36Cl2N2O2S2. The molecule has 2 atom stereocenters. The van der Waals surface area contributed by atoms with Crippen molar-refractivity contribution in [1.29, 1.82) is 0 Å². The summed E-state index contributed by atoms with van der Waals surface area (Å²) in [5.41, 5.74) is 9.65. The van der Waals surface area contributed by atoms with Gasteiger partial charge >= 0.3 is 0 Å². The second-order valence-corrected chi connectivity index (χ2v) is 16.3. The summed E-state index contributed by atoms with van der Waals surface area (Å²) in [5, 5.41) is 0. The number of rotatable bonds is 6. The predicted molar refractivity (Wildman–Crippen MR) is 217 cm³/mol. The van der Waals surface area contributed by atoms with Crippen LogP contribution in [0.4, 0.5) is 0 Å². The smallest absolute Gasteiger partial charge is 0.246 e. The minimum absolute atomic E-state index is 0.0395. The molecule has 4 heterocycles. The van der Waals surface area contributed by atoms with E-state index in [-0.39, 0.29) is 23.7 Å². The summed E-state index contributed by atoms with van der Waals surface area (Å²) >= 11 is 15.8. The fraction of sp³-hybridized carbons (Fsp3) is 0.136. The Labute approximate surface area is 322 Å². The molecule has 0 bridgehead atoms. The molecule has 2 aliphatic heterocycles. The first-order chi connectivity index (χ1) is 25.3. The van der Waals surface area contributed by atoms with Crippen molar-refractivity contribution in [2.75, 3.05) is 13.1 Å². The Kier molecular flexibility index (Phi) is 10.9. The van der Waals surface area contributed by atoms with Crippen molar-refractivity contribution in [2.24, 2.45) is 0 Å². The van der Waals surface area contributed by atoms with E-state index < -0.39 is 0 Å². The van der Waals surface area contributed by atoms with Crippen LogP contribution in [0, 0.1) is 0 Å². The molecule has 8 heteroatoms. The van der Waals surface area contributed by atoms with Crippen LogP contribution in [0.1, 0.15) is 43.8 Å². The maximum absolute atomic E-state index is 12.3. The Bertz CT molecular complexity index is 2090. The van der Waals surface area contributed by atoms with Crippen LogP contribution in [0.15, 0.2) is 147 Å². The molecule has 8 rings (SSSR count). The maximum atomic E-state index is 12.3. The first-order valence-electron chi connectivity index (χ1n) is 17.0. The van der Waals surface area contributed by atoms with Gasteiger partial charge in [0.25, 0.3) is 0 Å². The number of benzene rings is 4. The van der Waals surface area contributed by atoms with E-state index in [1.54, 1.807) is 22.7 Å². The molecule has 4 nitrogen and oxygen atoms in total. The van der Waals surface area contributed by atoms with Crippen LogP contribution >= 0.6 is 45.9 Å². The Morgan fingerprint density at radius 2 is 0.923 bits per heavy atom. The Morgan fingerprint density at radius 3 is 1.31 bits per heavy atom. The molecule has 2 aliphatic rings. The highest BCUT2D eigenvalue weighted by atomic mass is 35.5. The standard InChI is InChI=1S/2C22H18ClNOS/c2*1-2-22(25)24-13-19(18-12-21(23)26-20(18)14-24)17-11-7-6-10-16(17)15-8-4-3-5-9-15/h2*2-12,19H,1,13-14H2/t2*19-/m10/s1. The lowest BCUT2D eigenvalue weighted by Gasteiger charge is -2.33. The predicted octanol–water partition coefficient (Wildman–Crippen LogP) is 11.5. The second-order valence-electron chi connectivity index (χ2n) is 12.7. The van der Waals surface area contributed by atoms with Gasteiger partial charge in [0.05, 0.1) is 21.8 Å². The summed E-state index contributed by atoms with van der Waals surface area (Å²) < 4.78 is 1.54. The van der Waals surface area contributed by atoms with Gasteiger partial charge in [-0.15, -0.1) is 22.7 Å². The van der Waals surface area contributed by atoms with E-state index in [1.165, 1.54) is 56.7 Å². The zero-order valence-electron chi connectivity index (χ0n) is 28.4. The molecule has 0 saturated heterocycles. The summed E-state index contributed by atoms with van der Waals surface area (Å²) in [6.45, 7) is 9.76. The fourth-order valence-corrected chi connectivity index (χ4v) is 9.97. The van der Waals surface area contributed by atoms with Gasteiger partial charge in [-0.25, -0.2) is 0 Å². The molecule has 0 unspecified atom stereocenters. The Balaban J connectivity index is 0.000000162. The molecule has 0 radical (unpaired) electrons. The van der Waals surface area contributed by atoms with Crippen LogP contribution in [0.2, 0.25) is 8.67 Å². The lowest BCUT2D eigenvalue weighted by molar-refractivity contribution is -0.127. The molecule has 4 aromatic carbocycles. The normalized spacial score (nSPS) is 16.2. The van der Waals surface area contributed by atoms with Gasteiger partial charge in [0, 0.05) is 34.7 Å². The molecule has 260 valence electrons. The number of thiophene rings is 2. The molecule has 2 aromatic heterocycles. The van der Waals surface area contributed by atoms with E-state index in [9.17, 15) is 9.59 Å². The van der Waals surface area contributed by atoms with E-state index in [2.05, 4.69) is 98.1 Å². The lowest BCUT2D eigenvalue weighted by Crippen LogP contribution is -2.37. The van der Waals surface area contributed by atoms with Crippen LogP contribution in [0.3, 0.4) is 0 Å². The molecule has 0 fully saturated rings. The van der Waals surface area contributed by atoms with E-state index in [0.29, 0.717) is 26.2 Å². The highest BCUT2D eigenvalue weighted by Crippen LogP contribution is 2.44. The Hall–Kier alpha value is -4.72. The van der Waals surface area contributed by atoms with Gasteiger partial charge in [0.1, 0.15) is 0 Å². The van der Waals surface area contributed by atoms with Gasteiger partial charge in [-0.2, -0.15) is 0 Å². The van der Waals surface area contributed by atoms with Gasteiger partial charge < -0.3 is 9.80 Å². The van der Waals surface area contributed by atoms with E-state index in [0.717, 1.165) is 18.4 Å². The first kappa shape index (κ1) is 35.7. The summed E-state index contributed by atoms with van der Waals surface area (Å²) in [4.78, 5) is 30.6. The number of halogens is 2. The zero-order valence-corrected chi connectivity index (χ0v) is 31.5. The van der Waals surface area contributed by atoms with Crippen LogP contribution in [-0.2, 0) is 22.7 Å². The second kappa shape index (κ2) is 15.9. The van der Waals surface area contributed by atoms with Crippen molar-refractivity contribution >= 4 is 57.7 Å². The highest BCUT2D eigenvalue weighted by Gasteiger charge is 2.33. The first-order valence-corrected chi connectivity index (χ1v) is 19.4. The number of fused-ring (bicyclic) bond motifs is 2. The van der Waals surface area contributed by atoms with E-state index >= 15 is 0 Å². The number of hydrogen-bond donors (Lipinski definition) is 0. The maximum Gasteiger partial charge on any atom is 0.246 e. The Morgan fingerprint density at radius 1 is 0.558 bits per heavy atom. The molecule has 6 aromatic rings. The third kappa shape index (κ3) is 7.43. The fourth-order valence-electron chi connectivity index (χ4n) is 7.26. The molecule has 0 aliphatic carbocycles. The van der Waals surface area contributed by atoms with Crippen LogP contribution in [-0.4, -0.2) is 34.7 Å². The van der Waals surface area contributed by atoms with E-state index in [4.69, 9.17) is 23.2 Å². The third-order valence-corrected chi connectivity index (χ3v) is 12.2.